The molecule has 0 unspecified atom stereocenters. The molecule has 9 heteroatoms. The second-order valence-electron chi connectivity index (χ2n) is 9.36. The van der Waals surface area contributed by atoms with Crippen LogP contribution in [0.15, 0.2) is 53.9 Å². The van der Waals surface area contributed by atoms with Crippen LogP contribution in [0.25, 0.3) is 22.2 Å². The third-order valence-electron chi connectivity index (χ3n) is 6.56. The lowest BCUT2D eigenvalue weighted by Gasteiger charge is -2.32. The van der Waals surface area contributed by atoms with Gasteiger partial charge in [-0.3, -0.25) is 20.0 Å². The predicted molar refractivity (Wildman–Crippen MR) is 149 cm³/mol. The van der Waals surface area contributed by atoms with Gasteiger partial charge in [0.1, 0.15) is 5.75 Å². The molecule has 3 heterocycles. The van der Waals surface area contributed by atoms with Gasteiger partial charge < -0.3 is 9.47 Å². The highest BCUT2D eigenvalue weighted by molar-refractivity contribution is 7.14. The number of anilines is 1. The summed E-state index contributed by atoms with van der Waals surface area (Å²) in [6.07, 6.45) is 0.764. The highest BCUT2D eigenvalue weighted by atomic mass is 32.1. The zero-order valence-electron chi connectivity index (χ0n) is 21.7. The molecule has 0 fully saturated rings. The van der Waals surface area contributed by atoms with Gasteiger partial charge in [0.15, 0.2) is 11.7 Å². The van der Waals surface area contributed by atoms with Crippen molar-refractivity contribution in [3.05, 3.63) is 70.7 Å². The zero-order valence-corrected chi connectivity index (χ0v) is 22.5. The number of carbonyl (C=O) groups excluding carboxylic acids is 2. The molecule has 2 aromatic heterocycles. The van der Waals surface area contributed by atoms with Crippen molar-refractivity contribution in [2.45, 2.75) is 39.8 Å². The lowest BCUT2D eigenvalue weighted by atomic mass is 9.95. The maximum Gasteiger partial charge on any atom is 0.339 e. The normalized spacial score (nSPS) is 13.4. The molecule has 0 saturated carbocycles. The van der Waals surface area contributed by atoms with E-state index in [1.54, 1.807) is 0 Å². The van der Waals surface area contributed by atoms with E-state index in [0.29, 0.717) is 29.9 Å². The second-order valence-corrected chi connectivity index (χ2v) is 10.2. The van der Waals surface area contributed by atoms with Crippen molar-refractivity contribution in [3.8, 4) is 17.0 Å². The first-order valence-corrected chi connectivity index (χ1v) is 13.6. The topological polar surface area (TPSA) is 93.6 Å². The number of esters is 1. The summed E-state index contributed by atoms with van der Waals surface area (Å²) in [5.74, 6) is -0.168. The number of pyridine rings is 1. The lowest BCUT2D eigenvalue weighted by molar-refractivity contribution is -0.119. The molecule has 2 aromatic carbocycles. The van der Waals surface area contributed by atoms with Gasteiger partial charge in [-0.2, -0.15) is 0 Å². The average Bonchev–Trinajstić information content (AvgIpc) is 3.39. The molecule has 0 aliphatic carbocycles. The molecule has 0 spiro atoms. The number of thiazole rings is 1. The number of fused-ring (bicyclic) bond motifs is 2. The first kappa shape index (κ1) is 25.8. The molecule has 1 aliphatic heterocycles. The van der Waals surface area contributed by atoms with E-state index in [9.17, 15) is 9.59 Å². The summed E-state index contributed by atoms with van der Waals surface area (Å²) in [5.41, 5.74) is 4.72. The van der Waals surface area contributed by atoms with E-state index in [4.69, 9.17) is 14.5 Å². The maximum atomic E-state index is 13.4. The van der Waals surface area contributed by atoms with Crippen LogP contribution in [0.3, 0.4) is 0 Å². The Balaban J connectivity index is 1.28. The van der Waals surface area contributed by atoms with Gasteiger partial charge >= 0.3 is 5.97 Å². The minimum atomic E-state index is -0.519. The number of benzene rings is 2. The standard InChI is InChI=1S/C29H30N4O4S/c1-4-36-20-11-9-19(10-12-20)25-17-38-29(31-25)32-26(34)16-37-28(35)27-21-7-5-6-8-23(21)30-24-13-14-33(18(2)3)15-22(24)27/h5-12,17-18H,4,13-16H2,1-3H3,(H,31,32,34). The SMILES string of the molecule is CCOc1ccc(-c2csc(NC(=O)COC(=O)c3c4c(nc5ccccc35)CCN(C(C)C)C4)n2)cc1. The van der Waals surface area contributed by atoms with Gasteiger partial charge in [0, 0.05) is 53.1 Å². The van der Waals surface area contributed by atoms with Crippen LogP contribution >= 0.6 is 11.3 Å². The van der Waals surface area contributed by atoms with E-state index in [1.807, 2.05) is 60.8 Å². The van der Waals surface area contributed by atoms with Crippen molar-refractivity contribution >= 4 is 39.2 Å². The number of ether oxygens (including phenoxy) is 2. The fraction of sp³-hybridized carbons (Fsp3) is 0.310. The number of hydrogen-bond donors (Lipinski definition) is 1. The minimum Gasteiger partial charge on any atom is -0.494 e. The predicted octanol–water partition coefficient (Wildman–Crippen LogP) is 5.32. The highest BCUT2D eigenvalue weighted by Gasteiger charge is 2.28. The summed E-state index contributed by atoms with van der Waals surface area (Å²) in [4.78, 5) is 37.6. The molecular formula is C29H30N4O4S. The van der Waals surface area contributed by atoms with Crippen LogP contribution < -0.4 is 10.1 Å². The summed E-state index contributed by atoms with van der Waals surface area (Å²) in [6, 6.07) is 15.5. The Kier molecular flexibility index (Phi) is 7.67. The van der Waals surface area contributed by atoms with Gasteiger partial charge in [-0.1, -0.05) is 18.2 Å². The zero-order chi connectivity index (χ0) is 26.6. The summed E-state index contributed by atoms with van der Waals surface area (Å²) < 4.78 is 11.0. The van der Waals surface area contributed by atoms with Gasteiger partial charge in [0.2, 0.25) is 0 Å². The van der Waals surface area contributed by atoms with Crippen LogP contribution in [0.4, 0.5) is 5.13 Å². The largest absolute Gasteiger partial charge is 0.494 e. The van der Waals surface area contributed by atoms with Crippen molar-refractivity contribution < 1.29 is 19.1 Å². The Labute approximate surface area is 225 Å². The summed E-state index contributed by atoms with van der Waals surface area (Å²) in [6.45, 7) is 7.93. The van der Waals surface area contributed by atoms with E-state index < -0.39 is 18.5 Å². The van der Waals surface area contributed by atoms with E-state index in [0.717, 1.165) is 52.1 Å². The Morgan fingerprint density at radius 1 is 1.11 bits per heavy atom. The fourth-order valence-electron chi connectivity index (χ4n) is 4.60. The number of para-hydroxylation sites is 1. The monoisotopic (exact) mass is 530 g/mol. The number of nitrogens with zero attached hydrogens (tertiary/aromatic N) is 3. The molecule has 0 bridgehead atoms. The molecule has 1 amide bonds. The van der Waals surface area contributed by atoms with E-state index in [-0.39, 0.29) is 0 Å². The number of nitrogens with one attached hydrogen (secondary N) is 1. The Hall–Kier alpha value is -3.82. The molecule has 38 heavy (non-hydrogen) atoms. The van der Waals surface area contributed by atoms with Crippen LogP contribution in [0.1, 0.15) is 42.4 Å². The molecule has 5 rings (SSSR count). The minimum absolute atomic E-state index is 0.343. The molecule has 0 atom stereocenters. The summed E-state index contributed by atoms with van der Waals surface area (Å²) in [5, 5.41) is 5.78. The van der Waals surface area contributed by atoms with Crippen LogP contribution in [0.5, 0.6) is 5.75 Å². The summed E-state index contributed by atoms with van der Waals surface area (Å²) in [7, 11) is 0. The van der Waals surface area contributed by atoms with Gasteiger partial charge in [0.05, 0.1) is 23.4 Å². The molecule has 1 N–H and O–H groups in total. The van der Waals surface area contributed by atoms with Crippen molar-refractivity contribution in [3.63, 3.8) is 0 Å². The summed E-state index contributed by atoms with van der Waals surface area (Å²) >= 11 is 1.31. The molecule has 8 nitrogen and oxygen atoms in total. The van der Waals surface area contributed by atoms with Crippen LogP contribution in [0, 0.1) is 0 Å². The first-order chi connectivity index (χ1) is 18.4. The molecule has 196 valence electrons. The molecule has 0 radical (unpaired) electrons. The van der Waals surface area contributed by atoms with Crippen LogP contribution in [-0.4, -0.2) is 52.5 Å². The number of rotatable bonds is 8. The third-order valence-corrected chi connectivity index (χ3v) is 7.31. The van der Waals surface area contributed by atoms with Crippen LogP contribution in [-0.2, 0) is 22.5 Å². The third kappa shape index (κ3) is 5.54. The fourth-order valence-corrected chi connectivity index (χ4v) is 5.33. The van der Waals surface area contributed by atoms with Gasteiger partial charge in [0.25, 0.3) is 5.91 Å². The van der Waals surface area contributed by atoms with E-state index in [2.05, 4.69) is 29.0 Å². The van der Waals surface area contributed by atoms with Crippen LogP contribution in [0.2, 0.25) is 0 Å². The van der Waals surface area contributed by atoms with E-state index >= 15 is 0 Å². The quantitative estimate of drug-likeness (QED) is 0.308. The van der Waals surface area contributed by atoms with Crippen molar-refractivity contribution in [2.75, 3.05) is 25.1 Å². The molecule has 0 saturated heterocycles. The van der Waals surface area contributed by atoms with Gasteiger partial charge in [-0.05, 0) is 51.1 Å². The smallest absolute Gasteiger partial charge is 0.339 e. The number of amides is 1. The Morgan fingerprint density at radius 2 is 1.89 bits per heavy atom. The van der Waals surface area contributed by atoms with Gasteiger partial charge in [-0.25, -0.2) is 9.78 Å². The van der Waals surface area contributed by atoms with Crippen molar-refractivity contribution in [2.24, 2.45) is 0 Å². The molecule has 4 aromatic rings. The van der Waals surface area contributed by atoms with Crippen molar-refractivity contribution in [1.82, 2.24) is 14.9 Å². The number of carbonyl (C=O) groups is 2. The number of aromatic nitrogens is 2. The van der Waals surface area contributed by atoms with Crippen molar-refractivity contribution in [1.29, 1.82) is 0 Å². The molecule has 1 aliphatic rings. The highest BCUT2D eigenvalue weighted by Crippen LogP contribution is 2.30. The lowest BCUT2D eigenvalue weighted by Crippen LogP contribution is -2.37. The van der Waals surface area contributed by atoms with E-state index in [1.165, 1.54) is 11.3 Å². The number of hydrogen-bond acceptors (Lipinski definition) is 8. The molecular weight excluding hydrogens is 500 g/mol. The Bertz CT molecular complexity index is 1470. The average molecular weight is 531 g/mol. The Morgan fingerprint density at radius 3 is 2.66 bits per heavy atom. The first-order valence-electron chi connectivity index (χ1n) is 12.7. The van der Waals surface area contributed by atoms with Gasteiger partial charge in [-0.15, -0.1) is 11.3 Å². The maximum absolute atomic E-state index is 13.4. The second kappa shape index (κ2) is 11.3.